The minimum atomic E-state index is -0.340. The van der Waals surface area contributed by atoms with Gasteiger partial charge in [-0.05, 0) is 44.5 Å². The molecule has 6 heteroatoms. The Labute approximate surface area is 148 Å². The standard InChI is InChI=1S/C19H25N3O3/c1-5-6-11-25-19(24)15-7-9-16(10-8-15)20-18(23)12-17-13(2)21-22(4)14(17)3/h7-10H,5-6,11-12H2,1-4H3,(H,20,23). The number of anilines is 1. The van der Waals surface area contributed by atoms with Gasteiger partial charge in [0.2, 0.25) is 5.91 Å². The van der Waals surface area contributed by atoms with Crippen molar-refractivity contribution < 1.29 is 14.3 Å². The van der Waals surface area contributed by atoms with Crippen LogP contribution >= 0.6 is 0 Å². The maximum atomic E-state index is 12.2. The van der Waals surface area contributed by atoms with Gasteiger partial charge < -0.3 is 10.1 Å². The second-order valence-electron chi connectivity index (χ2n) is 6.06. The number of benzene rings is 1. The zero-order chi connectivity index (χ0) is 18.4. The van der Waals surface area contributed by atoms with Crippen LogP contribution in [0.5, 0.6) is 0 Å². The van der Waals surface area contributed by atoms with Crippen molar-refractivity contribution in [3.63, 3.8) is 0 Å². The van der Waals surface area contributed by atoms with Crippen molar-refractivity contribution in [3.05, 3.63) is 46.8 Å². The minimum absolute atomic E-state index is 0.113. The molecule has 0 radical (unpaired) electrons. The molecular weight excluding hydrogens is 318 g/mol. The molecule has 0 atom stereocenters. The lowest BCUT2D eigenvalue weighted by Crippen LogP contribution is -2.15. The molecule has 2 aromatic rings. The van der Waals surface area contributed by atoms with Crippen molar-refractivity contribution in [2.45, 2.75) is 40.0 Å². The third-order valence-electron chi connectivity index (χ3n) is 4.13. The number of esters is 1. The van der Waals surface area contributed by atoms with Gasteiger partial charge in [0, 0.05) is 24.0 Å². The molecule has 25 heavy (non-hydrogen) atoms. The Morgan fingerprint density at radius 1 is 1.20 bits per heavy atom. The fourth-order valence-electron chi connectivity index (χ4n) is 2.52. The summed E-state index contributed by atoms with van der Waals surface area (Å²) in [6.45, 7) is 6.31. The van der Waals surface area contributed by atoms with Crippen LogP contribution in [0, 0.1) is 13.8 Å². The summed E-state index contributed by atoms with van der Waals surface area (Å²) in [6, 6.07) is 6.73. The smallest absolute Gasteiger partial charge is 0.338 e. The maximum absolute atomic E-state index is 12.2. The number of amides is 1. The Morgan fingerprint density at radius 3 is 2.44 bits per heavy atom. The van der Waals surface area contributed by atoms with Gasteiger partial charge in [-0.1, -0.05) is 13.3 Å². The normalized spacial score (nSPS) is 10.6. The Kier molecular flexibility index (Phi) is 6.33. The van der Waals surface area contributed by atoms with E-state index in [0.717, 1.165) is 29.8 Å². The third kappa shape index (κ3) is 4.92. The van der Waals surface area contributed by atoms with E-state index in [1.807, 2.05) is 27.8 Å². The highest BCUT2D eigenvalue weighted by atomic mass is 16.5. The highest BCUT2D eigenvalue weighted by Gasteiger charge is 2.14. The van der Waals surface area contributed by atoms with Crippen LogP contribution in [0.2, 0.25) is 0 Å². The SMILES string of the molecule is CCCCOC(=O)c1ccc(NC(=O)Cc2c(C)nn(C)c2C)cc1. The number of hydrogen-bond acceptors (Lipinski definition) is 4. The molecule has 0 saturated carbocycles. The zero-order valence-corrected chi connectivity index (χ0v) is 15.3. The number of nitrogens with zero attached hydrogens (tertiary/aromatic N) is 2. The molecule has 0 aliphatic carbocycles. The van der Waals surface area contributed by atoms with Gasteiger partial charge >= 0.3 is 5.97 Å². The van der Waals surface area contributed by atoms with E-state index in [-0.39, 0.29) is 18.3 Å². The third-order valence-corrected chi connectivity index (χ3v) is 4.13. The van der Waals surface area contributed by atoms with E-state index in [2.05, 4.69) is 10.4 Å². The molecule has 1 heterocycles. The Balaban J connectivity index is 1.94. The van der Waals surface area contributed by atoms with E-state index in [4.69, 9.17) is 4.74 Å². The number of hydrogen-bond donors (Lipinski definition) is 1. The lowest BCUT2D eigenvalue weighted by molar-refractivity contribution is -0.115. The largest absolute Gasteiger partial charge is 0.462 e. The van der Waals surface area contributed by atoms with Gasteiger partial charge in [-0.3, -0.25) is 9.48 Å². The summed E-state index contributed by atoms with van der Waals surface area (Å²) in [7, 11) is 1.86. The second kappa shape index (κ2) is 8.46. The van der Waals surface area contributed by atoms with E-state index in [0.29, 0.717) is 17.9 Å². The van der Waals surface area contributed by atoms with Crippen molar-refractivity contribution in [2.75, 3.05) is 11.9 Å². The number of aryl methyl sites for hydroxylation is 2. The molecule has 1 amide bonds. The van der Waals surface area contributed by atoms with Crippen LogP contribution in [0.25, 0.3) is 0 Å². The molecule has 1 aromatic carbocycles. The Morgan fingerprint density at radius 2 is 1.88 bits per heavy atom. The minimum Gasteiger partial charge on any atom is -0.462 e. The maximum Gasteiger partial charge on any atom is 0.338 e. The molecule has 0 spiro atoms. The summed E-state index contributed by atoms with van der Waals surface area (Å²) < 4.78 is 6.94. The summed E-state index contributed by atoms with van der Waals surface area (Å²) in [5.74, 6) is -0.453. The molecule has 6 nitrogen and oxygen atoms in total. The van der Waals surface area contributed by atoms with Crippen LogP contribution in [-0.4, -0.2) is 28.3 Å². The van der Waals surface area contributed by atoms with Crippen molar-refractivity contribution in [1.29, 1.82) is 0 Å². The predicted octanol–water partition coefficient (Wildman–Crippen LogP) is 3.18. The van der Waals surface area contributed by atoms with Gasteiger partial charge in [-0.25, -0.2) is 4.79 Å². The first kappa shape index (κ1) is 18.7. The molecule has 2 rings (SSSR count). The average Bonchev–Trinajstić information content (AvgIpc) is 2.82. The summed E-state index contributed by atoms with van der Waals surface area (Å²) in [4.78, 5) is 24.1. The number of carbonyl (C=O) groups is 2. The second-order valence-corrected chi connectivity index (χ2v) is 6.06. The summed E-state index contributed by atoms with van der Waals surface area (Å²) in [5.41, 5.74) is 3.91. The monoisotopic (exact) mass is 343 g/mol. The van der Waals surface area contributed by atoms with Gasteiger partial charge in [0.25, 0.3) is 0 Å². The van der Waals surface area contributed by atoms with E-state index >= 15 is 0 Å². The van der Waals surface area contributed by atoms with Crippen LogP contribution < -0.4 is 5.32 Å². The molecule has 0 aliphatic heterocycles. The number of aromatic nitrogens is 2. The number of carbonyl (C=O) groups excluding carboxylic acids is 2. The first-order valence-electron chi connectivity index (χ1n) is 8.48. The van der Waals surface area contributed by atoms with Gasteiger partial charge in [0.1, 0.15) is 0 Å². The zero-order valence-electron chi connectivity index (χ0n) is 15.3. The molecule has 0 saturated heterocycles. The number of nitrogens with one attached hydrogen (secondary N) is 1. The lowest BCUT2D eigenvalue weighted by atomic mass is 10.1. The van der Waals surface area contributed by atoms with E-state index in [1.54, 1.807) is 28.9 Å². The van der Waals surface area contributed by atoms with Gasteiger partial charge in [-0.15, -0.1) is 0 Å². The van der Waals surface area contributed by atoms with Gasteiger partial charge in [0.05, 0.1) is 24.3 Å². The van der Waals surface area contributed by atoms with Crippen LogP contribution in [0.1, 0.15) is 47.1 Å². The molecule has 1 aromatic heterocycles. The fraction of sp³-hybridized carbons (Fsp3) is 0.421. The molecule has 1 N–H and O–H groups in total. The van der Waals surface area contributed by atoms with Crippen LogP contribution in [0.3, 0.4) is 0 Å². The molecule has 134 valence electrons. The van der Waals surface area contributed by atoms with Crippen molar-refractivity contribution in [1.82, 2.24) is 9.78 Å². The first-order chi connectivity index (χ1) is 11.9. The van der Waals surface area contributed by atoms with Crippen molar-refractivity contribution in [2.24, 2.45) is 7.05 Å². The van der Waals surface area contributed by atoms with E-state index in [9.17, 15) is 9.59 Å². The van der Waals surface area contributed by atoms with Gasteiger partial charge in [-0.2, -0.15) is 5.10 Å². The number of ether oxygens (including phenoxy) is 1. The Bertz CT molecular complexity index is 748. The van der Waals surface area contributed by atoms with Crippen molar-refractivity contribution >= 4 is 17.6 Å². The molecule has 0 bridgehead atoms. The van der Waals surface area contributed by atoms with Crippen molar-refractivity contribution in [3.8, 4) is 0 Å². The van der Waals surface area contributed by atoms with E-state index in [1.165, 1.54) is 0 Å². The topological polar surface area (TPSA) is 73.2 Å². The fourth-order valence-corrected chi connectivity index (χ4v) is 2.52. The number of unbranched alkanes of at least 4 members (excludes halogenated alkanes) is 1. The van der Waals surface area contributed by atoms with Crippen LogP contribution in [0.4, 0.5) is 5.69 Å². The molecular formula is C19H25N3O3. The Hall–Kier alpha value is -2.63. The summed E-state index contributed by atoms with van der Waals surface area (Å²) >= 11 is 0. The van der Waals surface area contributed by atoms with Crippen LogP contribution in [-0.2, 0) is 23.0 Å². The average molecular weight is 343 g/mol. The molecule has 0 unspecified atom stereocenters. The van der Waals surface area contributed by atoms with Gasteiger partial charge in [0.15, 0.2) is 0 Å². The van der Waals surface area contributed by atoms with E-state index < -0.39 is 0 Å². The van der Waals surface area contributed by atoms with Crippen LogP contribution in [0.15, 0.2) is 24.3 Å². The number of rotatable bonds is 7. The predicted molar refractivity (Wildman–Crippen MR) is 96.6 cm³/mol. The summed E-state index contributed by atoms with van der Waals surface area (Å²) in [6.07, 6.45) is 2.10. The lowest BCUT2D eigenvalue weighted by Gasteiger charge is -2.07. The summed E-state index contributed by atoms with van der Waals surface area (Å²) in [5, 5.41) is 7.16. The highest BCUT2D eigenvalue weighted by molar-refractivity contribution is 5.94. The quantitative estimate of drug-likeness (QED) is 0.619. The first-order valence-corrected chi connectivity index (χ1v) is 8.48. The molecule has 0 fully saturated rings. The highest BCUT2D eigenvalue weighted by Crippen LogP contribution is 2.15. The molecule has 0 aliphatic rings.